The second kappa shape index (κ2) is 9.17. The fraction of sp³-hybridized carbons (Fsp3) is 0.148. The second-order valence-electron chi connectivity index (χ2n) is 8.38. The Morgan fingerprint density at radius 2 is 1.66 bits per heavy atom. The molecule has 6 nitrogen and oxygen atoms in total. The fourth-order valence-corrected chi connectivity index (χ4v) is 5.55. The largest absolute Gasteiger partial charge is 0.352 e. The van der Waals surface area contributed by atoms with E-state index in [1.165, 1.54) is 11.3 Å². The number of carbonyl (C=O) groups excluding carboxylic acids is 1. The third kappa shape index (κ3) is 3.96. The number of benzene rings is 2. The van der Waals surface area contributed by atoms with E-state index in [1.807, 2.05) is 69.4 Å². The molecule has 1 amide bonds. The Kier molecular flexibility index (Phi) is 5.72. The number of anilines is 1. The van der Waals surface area contributed by atoms with Crippen LogP contribution < -0.4 is 4.90 Å². The molecule has 0 atom stereocenters. The van der Waals surface area contributed by atoms with Gasteiger partial charge < -0.3 is 9.80 Å². The summed E-state index contributed by atoms with van der Waals surface area (Å²) in [5, 5.41) is 3.58. The smallest absolute Gasteiger partial charge is 0.264 e. The van der Waals surface area contributed by atoms with Crippen LogP contribution in [0.1, 0.15) is 9.67 Å². The molecule has 4 heterocycles. The Morgan fingerprint density at radius 3 is 2.40 bits per heavy atom. The summed E-state index contributed by atoms with van der Waals surface area (Å²) in [6, 6.07) is 21.9. The highest BCUT2D eigenvalue weighted by Crippen LogP contribution is 2.38. The molecule has 5 aromatic rings. The normalized spacial score (nSPS) is 14.0. The van der Waals surface area contributed by atoms with Crippen LogP contribution in [0.3, 0.4) is 0 Å². The molecule has 0 N–H and O–H groups in total. The summed E-state index contributed by atoms with van der Waals surface area (Å²) in [6.07, 6.45) is 3.71. The van der Waals surface area contributed by atoms with E-state index in [-0.39, 0.29) is 5.91 Å². The van der Waals surface area contributed by atoms with Gasteiger partial charge in [0.1, 0.15) is 12.1 Å². The molecule has 2 aromatic carbocycles. The minimum atomic E-state index is 0.0994. The highest BCUT2D eigenvalue weighted by atomic mass is 35.5. The lowest BCUT2D eigenvalue weighted by molar-refractivity contribution is 0.0751. The maximum atomic E-state index is 12.8. The zero-order chi connectivity index (χ0) is 23.8. The summed E-state index contributed by atoms with van der Waals surface area (Å²) in [5.74, 6) is 0.977. The lowest BCUT2D eigenvalue weighted by Crippen LogP contribution is -2.49. The van der Waals surface area contributed by atoms with Gasteiger partial charge in [-0.15, -0.1) is 11.3 Å². The van der Waals surface area contributed by atoms with Crippen molar-refractivity contribution >= 4 is 45.7 Å². The molecule has 6 rings (SSSR count). The molecule has 0 saturated carbocycles. The van der Waals surface area contributed by atoms with Gasteiger partial charge >= 0.3 is 0 Å². The number of halogens is 1. The van der Waals surface area contributed by atoms with Gasteiger partial charge in [-0.05, 0) is 29.1 Å². The maximum absolute atomic E-state index is 12.8. The van der Waals surface area contributed by atoms with Gasteiger partial charge in [-0.3, -0.25) is 9.36 Å². The van der Waals surface area contributed by atoms with Crippen molar-refractivity contribution in [3.05, 3.63) is 94.5 Å². The van der Waals surface area contributed by atoms with Crippen LogP contribution in [0.5, 0.6) is 0 Å². The van der Waals surface area contributed by atoms with Crippen LogP contribution in [0, 0.1) is 0 Å². The molecule has 0 spiro atoms. The van der Waals surface area contributed by atoms with Crippen molar-refractivity contribution in [3.8, 4) is 16.8 Å². The predicted molar refractivity (Wildman–Crippen MR) is 142 cm³/mol. The second-order valence-corrected chi connectivity index (χ2v) is 9.74. The molecule has 3 aromatic heterocycles. The van der Waals surface area contributed by atoms with Crippen molar-refractivity contribution in [1.29, 1.82) is 0 Å². The van der Waals surface area contributed by atoms with Crippen LogP contribution >= 0.6 is 22.9 Å². The first-order chi connectivity index (χ1) is 17.2. The van der Waals surface area contributed by atoms with E-state index in [1.54, 1.807) is 6.33 Å². The monoisotopic (exact) mass is 499 g/mol. The van der Waals surface area contributed by atoms with Crippen LogP contribution in [0.15, 0.2) is 84.6 Å². The molecule has 0 radical (unpaired) electrons. The Bertz CT molecular complexity index is 1490. The summed E-state index contributed by atoms with van der Waals surface area (Å²) in [5.41, 5.74) is 3.82. The molecule has 1 saturated heterocycles. The summed E-state index contributed by atoms with van der Waals surface area (Å²) in [4.78, 5) is 27.2. The average molecular weight is 500 g/mol. The standard InChI is InChI=1S/C27H22ClN5OS/c28-21-9-4-5-10-22(21)33-17-20(19-7-2-1-3-8-19)24-25(29-18-30-26(24)33)31-12-14-32(15-13-31)27(34)23-11-6-16-35-23/h1-11,16-18H,12-15H2. The summed E-state index contributed by atoms with van der Waals surface area (Å²) >= 11 is 8.07. The number of piperazine rings is 1. The van der Waals surface area contributed by atoms with Crippen LogP contribution in [0.4, 0.5) is 5.82 Å². The van der Waals surface area contributed by atoms with Crippen molar-refractivity contribution in [2.24, 2.45) is 0 Å². The summed E-state index contributed by atoms with van der Waals surface area (Å²) < 4.78 is 2.04. The van der Waals surface area contributed by atoms with E-state index in [2.05, 4.69) is 28.2 Å². The molecule has 1 fully saturated rings. The number of carbonyl (C=O) groups is 1. The number of hydrogen-bond acceptors (Lipinski definition) is 5. The van der Waals surface area contributed by atoms with Crippen molar-refractivity contribution in [2.75, 3.05) is 31.1 Å². The van der Waals surface area contributed by atoms with Gasteiger partial charge in [0.25, 0.3) is 5.91 Å². The van der Waals surface area contributed by atoms with Crippen LogP contribution in [-0.4, -0.2) is 51.5 Å². The van der Waals surface area contributed by atoms with Gasteiger partial charge in [0.2, 0.25) is 0 Å². The first-order valence-corrected chi connectivity index (χ1v) is 12.7. The number of fused-ring (bicyclic) bond motifs is 1. The van der Waals surface area contributed by atoms with E-state index < -0.39 is 0 Å². The van der Waals surface area contributed by atoms with Gasteiger partial charge in [0.15, 0.2) is 5.65 Å². The molecule has 0 bridgehead atoms. The number of thiophene rings is 1. The van der Waals surface area contributed by atoms with E-state index in [0.29, 0.717) is 31.2 Å². The highest BCUT2D eigenvalue weighted by Gasteiger charge is 2.27. The number of aromatic nitrogens is 3. The first kappa shape index (κ1) is 21.8. The topological polar surface area (TPSA) is 54.3 Å². The Balaban J connectivity index is 1.42. The van der Waals surface area contributed by atoms with E-state index in [4.69, 9.17) is 16.6 Å². The van der Waals surface area contributed by atoms with Gasteiger partial charge in [-0.1, -0.05) is 60.1 Å². The minimum Gasteiger partial charge on any atom is -0.352 e. The van der Waals surface area contributed by atoms with Crippen LogP contribution in [-0.2, 0) is 0 Å². The van der Waals surface area contributed by atoms with Gasteiger partial charge in [0.05, 0.1) is 21.0 Å². The molecule has 8 heteroatoms. The molecule has 1 aliphatic rings. The zero-order valence-electron chi connectivity index (χ0n) is 18.8. The zero-order valence-corrected chi connectivity index (χ0v) is 20.4. The Labute approximate surface area is 212 Å². The molecule has 35 heavy (non-hydrogen) atoms. The van der Waals surface area contributed by atoms with E-state index >= 15 is 0 Å². The van der Waals surface area contributed by atoms with Crippen molar-refractivity contribution in [1.82, 2.24) is 19.4 Å². The molecule has 0 aliphatic carbocycles. The number of nitrogens with zero attached hydrogens (tertiary/aromatic N) is 5. The summed E-state index contributed by atoms with van der Waals surface area (Å²) in [7, 11) is 0. The van der Waals surface area contributed by atoms with Gasteiger partial charge in [-0.2, -0.15) is 0 Å². The van der Waals surface area contributed by atoms with Crippen molar-refractivity contribution in [2.45, 2.75) is 0 Å². The lowest BCUT2D eigenvalue weighted by Gasteiger charge is -2.35. The fourth-order valence-electron chi connectivity index (χ4n) is 4.63. The van der Waals surface area contributed by atoms with Gasteiger partial charge in [0, 0.05) is 37.9 Å². The number of hydrogen-bond donors (Lipinski definition) is 0. The third-order valence-corrected chi connectivity index (χ3v) is 7.54. The number of para-hydroxylation sites is 1. The average Bonchev–Trinajstić information content (AvgIpc) is 3.58. The van der Waals surface area contributed by atoms with Crippen molar-refractivity contribution < 1.29 is 4.79 Å². The SMILES string of the molecule is O=C(c1cccs1)N1CCN(c2ncnc3c2c(-c2ccccc2)cn3-c2ccccc2Cl)CC1. The quantitative estimate of drug-likeness (QED) is 0.315. The maximum Gasteiger partial charge on any atom is 0.264 e. The molecular formula is C27H22ClN5OS. The molecule has 1 aliphatic heterocycles. The minimum absolute atomic E-state index is 0.0994. The van der Waals surface area contributed by atoms with Crippen molar-refractivity contribution in [3.63, 3.8) is 0 Å². The van der Waals surface area contributed by atoms with Crippen LogP contribution in [0.2, 0.25) is 5.02 Å². The van der Waals surface area contributed by atoms with Crippen LogP contribution in [0.25, 0.3) is 27.8 Å². The predicted octanol–water partition coefficient (Wildman–Crippen LogP) is 5.76. The van der Waals surface area contributed by atoms with E-state index in [0.717, 1.165) is 38.5 Å². The number of amides is 1. The Hall–Kier alpha value is -3.68. The number of rotatable bonds is 4. The van der Waals surface area contributed by atoms with Gasteiger partial charge in [-0.25, -0.2) is 9.97 Å². The summed E-state index contributed by atoms with van der Waals surface area (Å²) in [6.45, 7) is 2.70. The third-order valence-electron chi connectivity index (χ3n) is 6.36. The highest BCUT2D eigenvalue weighted by molar-refractivity contribution is 7.12. The molecule has 174 valence electrons. The lowest BCUT2D eigenvalue weighted by atomic mass is 10.1. The first-order valence-electron chi connectivity index (χ1n) is 11.4. The molecular weight excluding hydrogens is 478 g/mol. The Morgan fingerprint density at radius 1 is 0.886 bits per heavy atom. The van der Waals surface area contributed by atoms with E-state index in [9.17, 15) is 4.79 Å². The molecule has 0 unspecified atom stereocenters.